The third-order valence-corrected chi connectivity index (χ3v) is 4.53. The van der Waals surface area contributed by atoms with Crippen molar-refractivity contribution >= 4 is 23.2 Å². The van der Waals surface area contributed by atoms with Gasteiger partial charge in [-0.05, 0) is 48.2 Å². The molecule has 3 rings (SSSR count). The minimum absolute atomic E-state index is 0.260. The van der Waals surface area contributed by atoms with Crippen LogP contribution in [0, 0.1) is 0 Å². The van der Waals surface area contributed by atoms with Gasteiger partial charge in [0.1, 0.15) is 5.76 Å². The predicted molar refractivity (Wildman–Crippen MR) is 102 cm³/mol. The molecule has 0 saturated carbocycles. The Bertz CT molecular complexity index is 885. The van der Waals surface area contributed by atoms with E-state index in [9.17, 15) is 4.79 Å². The number of rotatable bonds is 5. The smallest absolute Gasteiger partial charge is 0.291 e. The van der Waals surface area contributed by atoms with E-state index >= 15 is 0 Å². The summed E-state index contributed by atoms with van der Waals surface area (Å²) in [5, 5.41) is 3.59. The maximum atomic E-state index is 12.6. The lowest BCUT2D eigenvalue weighted by Gasteiger charge is -2.15. The Kier molecular flexibility index (Phi) is 5.25. The van der Waals surface area contributed by atoms with Crippen molar-refractivity contribution in [1.29, 1.82) is 0 Å². The van der Waals surface area contributed by atoms with E-state index in [0.29, 0.717) is 16.7 Å². The van der Waals surface area contributed by atoms with Crippen molar-refractivity contribution in [3.8, 4) is 11.3 Å². The van der Waals surface area contributed by atoms with E-state index in [-0.39, 0.29) is 11.7 Å². The Labute approximate surface area is 152 Å². The average Bonchev–Trinajstić information content (AvgIpc) is 3.12. The number of furan rings is 1. The predicted octanol–water partition coefficient (Wildman–Crippen LogP) is 6.37. The number of anilines is 1. The summed E-state index contributed by atoms with van der Waals surface area (Å²) in [5.41, 5.74) is 2.79. The maximum absolute atomic E-state index is 12.6. The van der Waals surface area contributed by atoms with Crippen LogP contribution in [0.1, 0.15) is 42.3 Å². The van der Waals surface area contributed by atoms with Gasteiger partial charge in [0.05, 0.1) is 0 Å². The lowest BCUT2D eigenvalue weighted by molar-refractivity contribution is 0.0997. The molecule has 4 heteroatoms. The molecule has 3 aromatic rings. The van der Waals surface area contributed by atoms with Gasteiger partial charge in [-0.1, -0.05) is 55.8 Å². The van der Waals surface area contributed by atoms with Gasteiger partial charge < -0.3 is 9.73 Å². The summed E-state index contributed by atoms with van der Waals surface area (Å²) in [4.78, 5) is 12.6. The van der Waals surface area contributed by atoms with Gasteiger partial charge in [-0.3, -0.25) is 4.79 Å². The van der Waals surface area contributed by atoms with Crippen LogP contribution in [0.3, 0.4) is 0 Å². The highest BCUT2D eigenvalue weighted by Gasteiger charge is 2.15. The van der Waals surface area contributed by atoms with Gasteiger partial charge in [0.2, 0.25) is 0 Å². The summed E-state index contributed by atoms with van der Waals surface area (Å²) >= 11 is 6.01. The molecular formula is C21H20ClNO2. The number of halogens is 1. The summed E-state index contributed by atoms with van der Waals surface area (Å²) in [7, 11) is 0. The zero-order valence-corrected chi connectivity index (χ0v) is 15.0. The van der Waals surface area contributed by atoms with Crippen LogP contribution in [0.15, 0.2) is 65.1 Å². The molecule has 1 atom stereocenters. The molecule has 3 nitrogen and oxygen atoms in total. The van der Waals surface area contributed by atoms with Gasteiger partial charge in [-0.25, -0.2) is 0 Å². The van der Waals surface area contributed by atoms with Gasteiger partial charge in [0, 0.05) is 16.3 Å². The molecule has 128 valence electrons. The molecule has 0 aliphatic rings. The molecule has 0 bridgehead atoms. The van der Waals surface area contributed by atoms with Crippen molar-refractivity contribution in [3.05, 3.63) is 77.0 Å². The molecule has 0 spiro atoms. The molecular weight excluding hydrogens is 334 g/mol. The van der Waals surface area contributed by atoms with Crippen LogP contribution in [0.5, 0.6) is 0 Å². The van der Waals surface area contributed by atoms with Crippen molar-refractivity contribution in [2.75, 3.05) is 5.32 Å². The summed E-state index contributed by atoms with van der Waals surface area (Å²) < 4.78 is 5.71. The van der Waals surface area contributed by atoms with Gasteiger partial charge in [0.15, 0.2) is 5.76 Å². The van der Waals surface area contributed by atoms with E-state index in [1.54, 1.807) is 24.3 Å². The second kappa shape index (κ2) is 7.58. The van der Waals surface area contributed by atoms with Crippen LogP contribution in [-0.4, -0.2) is 5.91 Å². The number of carbonyl (C=O) groups is 1. The largest absolute Gasteiger partial charge is 0.451 e. The summed E-state index contributed by atoms with van der Waals surface area (Å²) in [6.07, 6.45) is 1.01. The van der Waals surface area contributed by atoms with Crippen LogP contribution in [0.25, 0.3) is 11.3 Å². The van der Waals surface area contributed by atoms with E-state index < -0.39 is 0 Å². The van der Waals surface area contributed by atoms with Crippen LogP contribution in [-0.2, 0) is 0 Å². The van der Waals surface area contributed by atoms with Gasteiger partial charge in [0.25, 0.3) is 5.91 Å². The molecule has 1 N–H and O–H groups in total. The third kappa shape index (κ3) is 3.94. The van der Waals surface area contributed by atoms with Gasteiger partial charge in [-0.2, -0.15) is 0 Å². The van der Waals surface area contributed by atoms with Crippen molar-refractivity contribution in [1.82, 2.24) is 0 Å². The van der Waals surface area contributed by atoms with Crippen molar-refractivity contribution in [2.24, 2.45) is 0 Å². The van der Waals surface area contributed by atoms with Crippen molar-refractivity contribution in [3.63, 3.8) is 0 Å². The van der Waals surface area contributed by atoms with E-state index in [4.69, 9.17) is 16.0 Å². The molecule has 25 heavy (non-hydrogen) atoms. The highest BCUT2D eigenvalue weighted by molar-refractivity contribution is 6.30. The first-order valence-electron chi connectivity index (χ1n) is 8.34. The summed E-state index contributed by atoms with van der Waals surface area (Å²) in [6, 6.07) is 18.7. The zero-order chi connectivity index (χ0) is 17.8. The Morgan fingerprint density at radius 1 is 1.12 bits per heavy atom. The quantitative estimate of drug-likeness (QED) is 0.579. The van der Waals surface area contributed by atoms with E-state index in [2.05, 4.69) is 19.2 Å². The van der Waals surface area contributed by atoms with Gasteiger partial charge >= 0.3 is 0 Å². The van der Waals surface area contributed by atoms with Crippen molar-refractivity contribution in [2.45, 2.75) is 26.2 Å². The SMILES string of the molecule is CCC(C)c1ccccc1NC(=O)c1ccc(-c2cccc(Cl)c2)o1. The van der Waals surface area contributed by atoms with Crippen LogP contribution in [0.2, 0.25) is 5.02 Å². The standard InChI is InChI=1S/C21H20ClNO2/c1-3-14(2)17-9-4-5-10-18(17)23-21(24)20-12-11-19(25-20)15-7-6-8-16(22)13-15/h4-14H,3H2,1-2H3,(H,23,24). The molecule has 1 unspecified atom stereocenters. The molecule has 0 aliphatic carbocycles. The Morgan fingerprint density at radius 2 is 1.92 bits per heavy atom. The van der Waals surface area contributed by atoms with Crippen LogP contribution < -0.4 is 5.32 Å². The number of hydrogen-bond acceptors (Lipinski definition) is 2. The summed E-state index contributed by atoms with van der Waals surface area (Å²) in [5.74, 6) is 0.996. The molecule has 1 heterocycles. The molecule has 1 amide bonds. The highest BCUT2D eigenvalue weighted by Crippen LogP contribution is 2.28. The highest BCUT2D eigenvalue weighted by atomic mass is 35.5. The zero-order valence-electron chi connectivity index (χ0n) is 14.3. The molecule has 1 aromatic heterocycles. The molecule has 0 aliphatic heterocycles. The topological polar surface area (TPSA) is 42.2 Å². The second-order valence-corrected chi connectivity index (χ2v) is 6.46. The number of amides is 1. The first kappa shape index (κ1) is 17.3. The van der Waals surface area contributed by atoms with Crippen LogP contribution >= 0.6 is 11.6 Å². The van der Waals surface area contributed by atoms with E-state index in [0.717, 1.165) is 23.2 Å². The fourth-order valence-corrected chi connectivity index (χ4v) is 2.89. The number of hydrogen-bond donors (Lipinski definition) is 1. The van der Waals surface area contributed by atoms with E-state index in [1.807, 2.05) is 36.4 Å². The van der Waals surface area contributed by atoms with E-state index in [1.165, 1.54) is 0 Å². The monoisotopic (exact) mass is 353 g/mol. The minimum atomic E-state index is -0.260. The number of carbonyl (C=O) groups excluding carboxylic acids is 1. The van der Waals surface area contributed by atoms with Crippen LogP contribution in [0.4, 0.5) is 5.69 Å². The Balaban J connectivity index is 1.81. The molecule has 0 saturated heterocycles. The summed E-state index contributed by atoms with van der Waals surface area (Å²) in [6.45, 7) is 4.28. The van der Waals surface area contributed by atoms with Gasteiger partial charge in [-0.15, -0.1) is 0 Å². The lowest BCUT2D eigenvalue weighted by Crippen LogP contribution is -2.13. The fraction of sp³-hybridized carbons (Fsp3) is 0.190. The molecule has 0 radical (unpaired) electrons. The number of benzene rings is 2. The Morgan fingerprint density at radius 3 is 2.68 bits per heavy atom. The Hall–Kier alpha value is -2.52. The first-order chi connectivity index (χ1) is 12.1. The fourth-order valence-electron chi connectivity index (χ4n) is 2.70. The van der Waals surface area contributed by atoms with Crippen molar-refractivity contribution < 1.29 is 9.21 Å². The first-order valence-corrected chi connectivity index (χ1v) is 8.72. The lowest BCUT2D eigenvalue weighted by atomic mass is 9.97. The number of nitrogens with one attached hydrogen (secondary N) is 1. The molecule has 0 fully saturated rings. The average molecular weight is 354 g/mol. The normalized spacial score (nSPS) is 12.0. The third-order valence-electron chi connectivity index (χ3n) is 4.29. The minimum Gasteiger partial charge on any atom is -0.451 e. The molecule has 2 aromatic carbocycles. The number of para-hydroxylation sites is 1. The maximum Gasteiger partial charge on any atom is 0.291 e. The second-order valence-electron chi connectivity index (χ2n) is 6.02.